The van der Waals surface area contributed by atoms with Gasteiger partial charge in [0.15, 0.2) is 5.65 Å². The maximum Gasteiger partial charge on any atom is 0.159 e. The Bertz CT molecular complexity index is 629. The van der Waals surface area contributed by atoms with Gasteiger partial charge in [-0.05, 0) is 50.8 Å². The Labute approximate surface area is 133 Å². The average Bonchev–Trinajstić information content (AvgIpc) is 3.05. The summed E-state index contributed by atoms with van der Waals surface area (Å²) >= 11 is 0. The molecule has 0 amide bonds. The molecule has 0 aromatic carbocycles. The number of nitrogens with zero attached hydrogens (tertiary/aromatic N) is 4. The Kier molecular flexibility index (Phi) is 4.48. The zero-order valence-corrected chi connectivity index (χ0v) is 14.3. The van der Waals surface area contributed by atoms with Gasteiger partial charge in [-0.2, -0.15) is 0 Å². The molecule has 0 N–H and O–H groups in total. The van der Waals surface area contributed by atoms with E-state index in [0.717, 1.165) is 30.0 Å². The number of hydrogen-bond donors (Lipinski definition) is 0. The molecule has 1 saturated heterocycles. The maximum atomic E-state index is 4.88. The lowest BCUT2D eigenvalue weighted by molar-refractivity contribution is 0.264. The molecule has 3 rings (SSSR count). The Balaban J connectivity index is 1.84. The predicted octanol–water partition coefficient (Wildman–Crippen LogP) is 3.36. The van der Waals surface area contributed by atoms with Crippen LogP contribution in [0, 0.1) is 11.8 Å². The molecule has 1 fully saturated rings. The van der Waals surface area contributed by atoms with Crippen molar-refractivity contribution >= 4 is 11.2 Å². The summed E-state index contributed by atoms with van der Waals surface area (Å²) in [6, 6.07) is 4.72. The van der Waals surface area contributed by atoms with Gasteiger partial charge in [0.25, 0.3) is 0 Å². The first-order valence-electron chi connectivity index (χ1n) is 8.58. The average molecular weight is 300 g/mol. The van der Waals surface area contributed by atoms with E-state index in [0.29, 0.717) is 12.0 Å². The van der Waals surface area contributed by atoms with Gasteiger partial charge in [0.1, 0.15) is 11.3 Å². The van der Waals surface area contributed by atoms with Crippen molar-refractivity contribution in [3.8, 4) is 0 Å². The lowest BCUT2D eigenvalue weighted by atomic mass is 10.0. The van der Waals surface area contributed by atoms with Crippen molar-refractivity contribution in [2.75, 3.05) is 13.1 Å². The molecule has 120 valence electrons. The minimum atomic E-state index is 0.605. The van der Waals surface area contributed by atoms with Crippen molar-refractivity contribution in [2.24, 2.45) is 11.8 Å². The quantitative estimate of drug-likeness (QED) is 0.849. The summed E-state index contributed by atoms with van der Waals surface area (Å²) in [6.07, 6.45) is 4.24. The molecule has 0 bridgehead atoms. The van der Waals surface area contributed by atoms with Gasteiger partial charge in [-0.3, -0.25) is 0 Å². The van der Waals surface area contributed by atoms with Crippen molar-refractivity contribution in [3.63, 3.8) is 0 Å². The first kappa shape index (κ1) is 15.5. The smallest absolute Gasteiger partial charge is 0.159 e. The van der Waals surface area contributed by atoms with Gasteiger partial charge >= 0.3 is 0 Å². The van der Waals surface area contributed by atoms with Crippen molar-refractivity contribution < 1.29 is 0 Å². The molecule has 0 aliphatic carbocycles. The molecule has 2 aromatic rings. The monoisotopic (exact) mass is 300 g/mol. The van der Waals surface area contributed by atoms with Crippen LogP contribution in [-0.4, -0.2) is 38.6 Å². The van der Waals surface area contributed by atoms with Crippen LogP contribution in [-0.2, 0) is 13.0 Å². The molecule has 0 spiro atoms. The molecule has 4 nitrogen and oxygen atoms in total. The number of fused-ring (bicyclic) bond motifs is 1. The number of pyridine rings is 1. The van der Waals surface area contributed by atoms with Gasteiger partial charge in [0, 0.05) is 31.7 Å². The highest BCUT2D eigenvalue weighted by molar-refractivity contribution is 5.71. The largest absolute Gasteiger partial charge is 0.312 e. The number of imidazole rings is 1. The molecule has 2 aromatic heterocycles. The molecule has 4 heteroatoms. The van der Waals surface area contributed by atoms with Crippen LogP contribution in [0.3, 0.4) is 0 Å². The third kappa shape index (κ3) is 3.17. The van der Waals surface area contributed by atoms with Crippen molar-refractivity contribution in [3.05, 3.63) is 24.2 Å². The SMILES string of the molecule is CC(C)Cn1c(CC2CCN(C(C)C)C2)nc2cccnc21. The van der Waals surface area contributed by atoms with Crippen LogP contribution in [0.4, 0.5) is 0 Å². The van der Waals surface area contributed by atoms with Crippen LogP contribution in [0.15, 0.2) is 18.3 Å². The van der Waals surface area contributed by atoms with Crippen LogP contribution in [0.2, 0.25) is 0 Å². The second-order valence-electron chi connectivity index (χ2n) is 7.33. The summed E-state index contributed by atoms with van der Waals surface area (Å²) in [7, 11) is 0. The fraction of sp³-hybridized carbons (Fsp3) is 0.667. The summed E-state index contributed by atoms with van der Waals surface area (Å²) in [4.78, 5) is 12.0. The van der Waals surface area contributed by atoms with Gasteiger partial charge in [-0.15, -0.1) is 0 Å². The van der Waals surface area contributed by atoms with E-state index in [1.54, 1.807) is 0 Å². The molecule has 3 heterocycles. The molecule has 1 atom stereocenters. The molecule has 0 saturated carbocycles. The Morgan fingerprint density at radius 3 is 2.77 bits per heavy atom. The molecule has 0 radical (unpaired) electrons. The van der Waals surface area contributed by atoms with Gasteiger partial charge in [0.2, 0.25) is 0 Å². The molecule has 22 heavy (non-hydrogen) atoms. The standard InChI is InChI=1S/C18H28N4/c1-13(2)11-22-17(20-16-6-5-8-19-18(16)22)10-15-7-9-21(12-15)14(3)4/h5-6,8,13-15H,7,9-12H2,1-4H3. The van der Waals surface area contributed by atoms with E-state index in [1.807, 2.05) is 12.3 Å². The van der Waals surface area contributed by atoms with E-state index < -0.39 is 0 Å². The van der Waals surface area contributed by atoms with Crippen LogP contribution in [0.25, 0.3) is 11.2 Å². The zero-order chi connectivity index (χ0) is 15.7. The highest BCUT2D eigenvalue weighted by atomic mass is 15.2. The maximum absolute atomic E-state index is 4.88. The first-order chi connectivity index (χ1) is 10.5. The Morgan fingerprint density at radius 1 is 1.27 bits per heavy atom. The minimum Gasteiger partial charge on any atom is -0.312 e. The van der Waals surface area contributed by atoms with Crippen molar-refractivity contribution in [2.45, 2.75) is 53.1 Å². The molecular formula is C18H28N4. The van der Waals surface area contributed by atoms with Gasteiger partial charge < -0.3 is 9.47 Å². The minimum absolute atomic E-state index is 0.605. The summed E-state index contributed by atoms with van der Waals surface area (Å²) in [6.45, 7) is 12.5. The number of aromatic nitrogens is 3. The van der Waals surface area contributed by atoms with E-state index >= 15 is 0 Å². The van der Waals surface area contributed by atoms with Gasteiger partial charge in [-0.25, -0.2) is 9.97 Å². The number of likely N-dealkylation sites (tertiary alicyclic amines) is 1. The van der Waals surface area contributed by atoms with E-state index in [1.165, 1.54) is 25.3 Å². The topological polar surface area (TPSA) is 34.0 Å². The highest BCUT2D eigenvalue weighted by Gasteiger charge is 2.26. The predicted molar refractivity (Wildman–Crippen MR) is 90.9 cm³/mol. The summed E-state index contributed by atoms with van der Waals surface area (Å²) in [5.41, 5.74) is 2.08. The third-order valence-corrected chi connectivity index (χ3v) is 4.65. The van der Waals surface area contributed by atoms with Crippen molar-refractivity contribution in [1.82, 2.24) is 19.4 Å². The summed E-state index contributed by atoms with van der Waals surface area (Å²) < 4.78 is 2.35. The van der Waals surface area contributed by atoms with Crippen LogP contribution >= 0.6 is 0 Å². The lowest BCUT2D eigenvalue weighted by Crippen LogP contribution is -2.28. The van der Waals surface area contributed by atoms with Crippen LogP contribution < -0.4 is 0 Å². The van der Waals surface area contributed by atoms with E-state index in [2.05, 4.69) is 48.2 Å². The fourth-order valence-corrected chi connectivity index (χ4v) is 3.47. The summed E-state index contributed by atoms with van der Waals surface area (Å²) in [5.74, 6) is 2.55. The Morgan fingerprint density at radius 2 is 2.09 bits per heavy atom. The van der Waals surface area contributed by atoms with Crippen molar-refractivity contribution in [1.29, 1.82) is 0 Å². The second kappa shape index (κ2) is 6.37. The first-order valence-corrected chi connectivity index (χ1v) is 8.58. The molecular weight excluding hydrogens is 272 g/mol. The molecule has 1 aliphatic rings. The molecule has 1 aliphatic heterocycles. The highest BCUT2D eigenvalue weighted by Crippen LogP contribution is 2.24. The Hall–Kier alpha value is -1.42. The third-order valence-electron chi connectivity index (χ3n) is 4.65. The second-order valence-corrected chi connectivity index (χ2v) is 7.33. The van der Waals surface area contributed by atoms with E-state index in [4.69, 9.17) is 4.98 Å². The van der Waals surface area contributed by atoms with E-state index in [-0.39, 0.29) is 0 Å². The van der Waals surface area contributed by atoms with Gasteiger partial charge in [0.05, 0.1) is 0 Å². The number of rotatable bonds is 5. The fourth-order valence-electron chi connectivity index (χ4n) is 3.47. The summed E-state index contributed by atoms with van der Waals surface area (Å²) in [5, 5.41) is 0. The van der Waals surface area contributed by atoms with Gasteiger partial charge in [-0.1, -0.05) is 13.8 Å². The normalized spacial score (nSPS) is 19.8. The lowest BCUT2D eigenvalue weighted by Gasteiger charge is -2.20. The zero-order valence-electron chi connectivity index (χ0n) is 14.3. The number of hydrogen-bond acceptors (Lipinski definition) is 3. The molecule has 1 unspecified atom stereocenters. The van der Waals surface area contributed by atoms with E-state index in [9.17, 15) is 0 Å². The van der Waals surface area contributed by atoms with Crippen LogP contribution in [0.1, 0.15) is 39.9 Å². The van der Waals surface area contributed by atoms with Crippen LogP contribution in [0.5, 0.6) is 0 Å².